The highest BCUT2D eigenvalue weighted by Gasteiger charge is 2.24. The van der Waals surface area contributed by atoms with Crippen LogP contribution in [0.15, 0.2) is 90.0 Å². The predicted molar refractivity (Wildman–Crippen MR) is 143 cm³/mol. The van der Waals surface area contributed by atoms with E-state index in [4.69, 9.17) is 0 Å². The number of carbonyl (C=O) groups excluding carboxylic acids is 2. The monoisotopic (exact) mass is 496 g/mol. The van der Waals surface area contributed by atoms with E-state index in [1.54, 1.807) is 23.2 Å². The summed E-state index contributed by atoms with van der Waals surface area (Å²) in [5.41, 5.74) is 2.61. The molecule has 9 heteroatoms. The first-order chi connectivity index (χ1) is 18.1. The summed E-state index contributed by atoms with van der Waals surface area (Å²) < 4.78 is 1.34. The van der Waals surface area contributed by atoms with Crippen molar-refractivity contribution in [2.45, 2.75) is 6.54 Å². The Bertz CT molecular complexity index is 1450. The highest BCUT2D eigenvalue weighted by atomic mass is 16.2. The van der Waals surface area contributed by atoms with Gasteiger partial charge < -0.3 is 20.4 Å². The van der Waals surface area contributed by atoms with Gasteiger partial charge in [-0.3, -0.25) is 18.8 Å². The van der Waals surface area contributed by atoms with Crippen LogP contribution in [-0.2, 0) is 11.3 Å². The lowest BCUT2D eigenvalue weighted by atomic mass is 10.2. The number of nitrogens with zero attached hydrogens (tertiary/aromatic N) is 4. The molecule has 0 atom stereocenters. The molecule has 2 aromatic heterocycles. The van der Waals surface area contributed by atoms with Crippen molar-refractivity contribution >= 4 is 28.8 Å². The van der Waals surface area contributed by atoms with Gasteiger partial charge in [-0.1, -0.05) is 48.5 Å². The zero-order valence-electron chi connectivity index (χ0n) is 20.3. The van der Waals surface area contributed by atoms with Crippen LogP contribution in [0.25, 0.3) is 5.65 Å². The van der Waals surface area contributed by atoms with Crippen LogP contribution in [0, 0.1) is 0 Å². The fraction of sp³-hybridized carbons (Fsp3) is 0.214. The van der Waals surface area contributed by atoms with Crippen molar-refractivity contribution in [3.8, 4) is 0 Å². The molecule has 5 rings (SSSR count). The minimum atomic E-state index is -0.371. The molecule has 1 saturated heterocycles. The number of anilines is 2. The minimum Gasteiger partial charge on any atom is -0.370 e. The Labute approximate surface area is 214 Å². The number of piperazine rings is 1. The first kappa shape index (κ1) is 24.1. The molecule has 3 heterocycles. The quantitative estimate of drug-likeness (QED) is 0.408. The van der Waals surface area contributed by atoms with Crippen LogP contribution >= 0.6 is 0 Å². The molecular formula is C28H28N6O3. The number of amides is 2. The van der Waals surface area contributed by atoms with Crippen LogP contribution in [0.2, 0.25) is 0 Å². The number of hydrogen-bond acceptors (Lipinski definition) is 6. The van der Waals surface area contributed by atoms with Crippen LogP contribution in [0.5, 0.6) is 0 Å². The average molecular weight is 497 g/mol. The Morgan fingerprint density at radius 3 is 2.30 bits per heavy atom. The molecule has 188 valence electrons. The summed E-state index contributed by atoms with van der Waals surface area (Å²) in [6.07, 6.45) is 2.96. The van der Waals surface area contributed by atoms with Gasteiger partial charge in [0.2, 0.25) is 5.91 Å². The van der Waals surface area contributed by atoms with Crippen molar-refractivity contribution < 1.29 is 9.59 Å². The Morgan fingerprint density at radius 2 is 1.57 bits per heavy atom. The highest BCUT2D eigenvalue weighted by Crippen LogP contribution is 2.18. The maximum atomic E-state index is 13.3. The van der Waals surface area contributed by atoms with Crippen molar-refractivity contribution in [3.63, 3.8) is 0 Å². The topological polar surface area (TPSA) is 99.1 Å². The lowest BCUT2D eigenvalue weighted by molar-refractivity contribution is -0.119. The number of carbonyl (C=O) groups is 2. The van der Waals surface area contributed by atoms with Gasteiger partial charge in [-0.05, 0) is 29.8 Å². The van der Waals surface area contributed by atoms with E-state index in [0.717, 1.165) is 24.3 Å². The molecule has 0 bridgehead atoms. The zero-order chi connectivity index (χ0) is 25.6. The first-order valence-corrected chi connectivity index (χ1v) is 12.2. The second kappa shape index (κ2) is 10.9. The van der Waals surface area contributed by atoms with Crippen molar-refractivity contribution in [1.29, 1.82) is 0 Å². The Kier molecular flexibility index (Phi) is 7.12. The third-order valence-corrected chi connectivity index (χ3v) is 6.42. The number of nitrogens with one attached hydrogen (secondary N) is 2. The van der Waals surface area contributed by atoms with E-state index in [1.165, 1.54) is 10.6 Å². The number of para-hydroxylation sites is 1. The summed E-state index contributed by atoms with van der Waals surface area (Å²) in [6.45, 7) is 2.96. The number of benzene rings is 2. The molecule has 4 aromatic rings. The van der Waals surface area contributed by atoms with E-state index in [2.05, 4.69) is 32.7 Å². The number of pyridine rings is 1. The van der Waals surface area contributed by atoms with E-state index in [-0.39, 0.29) is 29.6 Å². The molecular weight excluding hydrogens is 468 g/mol. The molecule has 0 radical (unpaired) electrons. The van der Waals surface area contributed by atoms with Gasteiger partial charge in [0.25, 0.3) is 11.5 Å². The van der Waals surface area contributed by atoms with Gasteiger partial charge in [0.15, 0.2) is 5.65 Å². The molecule has 0 saturated carbocycles. The fourth-order valence-corrected chi connectivity index (χ4v) is 4.41. The second-order valence-electron chi connectivity index (χ2n) is 8.82. The van der Waals surface area contributed by atoms with Gasteiger partial charge in [-0.2, -0.15) is 0 Å². The van der Waals surface area contributed by atoms with Crippen molar-refractivity contribution in [3.05, 3.63) is 107 Å². The average Bonchev–Trinajstić information content (AvgIpc) is 2.96. The van der Waals surface area contributed by atoms with Crippen LogP contribution in [0.3, 0.4) is 0 Å². The predicted octanol–water partition coefficient (Wildman–Crippen LogP) is 2.39. The van der Waals surface area contributed by atoms with Crippen LogP contribution < -0.4 is 21.1 Å². The molecule has 2 aromatic carbocycles. The Morgan fingerprint density at radius 1 is 0.865 bits per heavy atom. The molecule has 2 N–H and O–H groups in total. The third kappa shape index (κ3) is 5.45. The van der Waals surface area contributed by atoms with Gasteiger partial charge in [0.1, 0.15) is 5.69 Å². The number of fused-ring (bicyclic) bond motifs is 1. The largest absolute Gasteiger partial charge is 0.370 e. The van der Waals surface area contributed by atoms with Crippen LogP contribution in [-0.4, -0.2) is 58.8 Å². The SMILES string of the molecule is O=C(CNc1cnc2c(C(=O)N3CCN(c4ccccc4)CC3)cccn2c1=O)NCc1ccccc1. The molecule has 0 unspecified atom stereocenters. The summed E-state index contributed by atoms with van der Waals surface area (Å²) in [4.78, 5) is 47.1. The highest BCUT2D eigenvalue weighted by molar-refractivity contribution is 6.00. The number of hydrogen-bond donors (Lipinski definition) is 2. The van der Waals surface area contributed by atoms with Gasteiger partial charge in [-0.15, -0.1) is 0 Å². The lowest BCUT2D eigenvalue weighted by Gasteiger charge is -2.36. The van der Waals surface area contributed by atoms with E-state index in [1.807, 2.05) is 48.5 Å². The molecule has 37 heavy (non-hydrogen) atoms. The normalized spacial score (nSPS) is 13.4. The Hall–Kier alpha value is -4.66. The van der Waals surface area contributed by atoms with E-state index in [0.29, 0.717) is 30.8 Å². The first-order valence-electron chi connectivity index (χ1n) is 12.2. The fourth-order valence-electron chi connectivity index (χ4n) is 4.41. The van der Waals surface area contributed by atoms with Crippen molar-refractivity contribution in [2.24, 2.45) is 0 Å². The third-order valence-electron chi connectivity index (χ3n) is 6.42. The van der Waals surface area contributed by atoms with Gasteiger partial charge in [-0.25, -0.2) is 4.98 Å². The molecule has 2 amide bonds. The molecule has 9 nitrogen and oxygen atoms in total. The maximum absolute atomic E-state index is 13.3. The van der Waals surface area contributed by atoms with E-state index in [9.17, 15) is 14.4 Å². The van der Waals surface area contributed by atoms with Crippen molar-refractivity contribution in [2.75, 3.05) is 42.9 Å². The van der Waals surface area contributed by atoms with Gasteiger partial charge in [0.05, 0.1) is 18.3 Å². The lowest BCUT2D eigenvalue weighted by Crippen LogP contribution is -2.49. The van der Waals surface area contributed by atoms with Crippen LogP contribution in [0.1, 0.15) is 15.9 Å². The second-order valence-corrected chi connectivity index (χ2v) is 8.82. The van der Waals surface area contributed by atoms with Crippen molar-refractivity contribution in [1.82, 2.24) is 19.6 Å². The number of aromatic nitrogens is 2. The molecule has 0 aliphatic carbocycles. The zero-order valence-corrected chi connectivity index (χ0v) is 20.3. The standard InChI is InChI=1S/C28H28N6O3/c35-25(30-18-21-8-3-1-4-9-21)20-29-24-19-31-26-23(12-7-13-34(26)28(24)37)27(36)33-16-14-32(15-17-33)22-10-5-2-6-11-22/h1-13,19,29H,14-18,20H2,(H,30,35). The van der Waals surface area contributed by atoms with E-state index >= 15 is 0 Å². The van der Waals surface area contributed by atoms with Gasteiger partial charge >= 0.3 is 0 Å². The number of rotatable bonds is 7. The van der Waals surface area contributed by atoms with Gasteiger partial charge in [0, 0.05) is 44.6 Å². The minimum absolute atomic E-state index is 0.0693. The summed E-state index contributed by atoms with van der Waals surface area (Å²) in [5, 5.41) is 5.68. The maximum Gasteiger partial charge on any atom is 0.281 e. The summed E-state index contributed by atoms with van der Waals surface area (Å²) >= 11 is 0. The smallest absolute Gasteiger partial charge is 0.281 e. The molecule has 1 aliphatic rings. The summed E-state index contributed by atoms with van der Waals surface area (Å²) in [7, 11) is 0. The van der Waals surface area contributed by atoms with E-state index < -0.39 is 0 Å². The summed E-state index contributed by atoms with van der Waals surface area (Å²) in [6, 6.07) is 23.1. The molecule has 1 fully saturated rings. The Balaban J connectivity index is 1.24. The summed E-state index contributed by atoms with van der Waals surface area (Å²) in [5.74, 6) is -0.398. The molecule has 1 aliphatic heterocycles. The molecule has 0 spiro atoms. The van der Waals surface area contributed by atoms with Crippen LogP contribution in [0.4, 0.5) is 11.4 Å².